The van der Waals surface area contributed by atoms with Crippen molar-refractivity contribution in [3.63, 3.8) is 0 Å². The standard InChI is InChI=1S/C27H34F3N3O2/c1-17-11-18(2)13-20(12-17)26(34)33-10-9-23(24(33)19-7-5-4-6-8-19)31-15-21-14-22(27(28,29)30)16-32-25(21)35-3/h4-8,14,16-18,20,23-24,31H,9-13,15H2,1-3H3. The molecule has 2 aromatic rings. The average Bonchev–Trinajstić information content (AvgIpc) is 3.25. The van der Waals surface area contributed by atoms with Crippen LogP contribution in [-0.2, 0) is 17.5 Å². The lowest BCUT2D eigenvalue weighted by Gasteiger charge is -2.36. The highest BCUT2D eigenvalue weighted by Crippen LogP contribution is 2.39. The molecular formula is C27H34F3N3O2. The molecule has 1 saturated carbocycles. The van der Waals surface area contributed by atoms with Gasteiger partial charge in [-0.15, -0.1) is 0 Å². The van der Waals surface area contributed by atoms with Gasteiger partial charge in [-0.25, -0.2) is 4.98 Å². The Labute approximate surface area is 205 Å². The lowest BCUT2D eigenvalue weighted by atomic mass is 9.76. The van der Waals surface area contributed by atoms with Crippen LogP contribution in [0.5, 0.6) is 5.88 Å². The van der Waals surface area contributed by atoms with E-state index < -0.39 is 11.7 Å². The van der Waals surface area contributed by atoms with E-state index in [2.05, 4.69) is 24.1 Å². The van der Waals surface area contributed by atoms with Gasteiger partial charge in [0.1, 0.15) is 0 Å². The van der Waals surface area contributed by atoms with Gasteiger partial charge in [0.2, 0.25) is 11.8 Å². The van der Waals surface area contributed by atoms with Gasteiger partial charge >= 0.3 is 6.18 Å². The second kappa shape index (κ2) is 10.6. The summed E-state index contributed by atoms with van der Waals surface area (Å²) in [6.45, 7) is 5.21. The number of likely N-dealkylation sites (tertiary alicyclic amines) is 1. The predicted octanol–water partition coefficient (Wildman–Crippen LogP) is 5.61. The molecule has 2 heterocycles. The van der Waals surface area contributed by atoms with Crippen molar-refractivity contribution >= 4 is 5.91 Å². The van der Waals surface area contributed by atoms with E-state index in [1.807, 2.05) is 35.2 Å². The molecule has 190 valence electrons. The molecule has 35 heavy (non-hydrogen) atoms. The third-order valence-corrected chi connectivity index (χ3v) is 7.35. The number of rotatable bonds is 6. The Balaban J connectivity index is 1.56. The van der Waals surface area contributed by atoms with Crippen LogP contribution in [0.3, 0.4) is 0 Å². The van der Waals surface area contributed by atoms with E-state index in [-0.39, 0.29) is 36.3 Å². The molecule has 1 aromatic heterocycles. The average molecular weight is 490 g/mol. The Morgan fingerprint density at radius 1 is 1.14 bits per heavy atom. The number of ether oxygens (including phenoxy) is 1. The van der Waals surface area contributed by atoms with Crippen molar-refractivity contribution in [2.45, 2.75) is 64.3 Å². The largest absolute Gasteiger partial charge is 0.481 e. The zero-order valence-corrected chi connectivity index (χ0v) is 20.5. The van der Waals surface area contributed by atoms with E-state index in [1.165, 1.54) is 7.11 Å². The molecular weight excluding hydrogens is 455 g/mol. The molecule has 5 nitrogen and oxygen atoms in total. The van der Waals surface area contributed by atoms with Crippen LogP contribution >= 0.6 is 0 Å². The van der Waals surface area contributed by atoms with E-state index in [9.17, 15) is 18.0 Å². The number of hydrogen-bond donors (Lipinski definition) is 1. The summed E-state index contributed by atoms with van der Waals surface area (Å²) in [7, 11) is 1.40. The minimum Gasteiger partial charge on any atom is -0.481 e. The fourth-order valence-corrected chi connectivity index (χ4v) is 5.90. The topological polar surface area (TPSA) is 54.5 Å². The van der Waals surface area contributed by atoms with Crippen molar-refractivity contribution in [3.8, 4) is 5.88 Å². The van der Waals surface area contributed by atoms with Crippen molar-refractivity contribution in [1.29, 1.82) is 0 Å². The minimum atomic E-state index is -4.48. The van der Waals surface area contributed by atoms with Gasteiger partial charge in [-0.2, -0.15) is 13.2 Å². The molecule has 4 rings (SSSR count). The highest BCUT2D eigenvalue weighted by molar-refractivity contribution is 5.80. The van der Waals surface area contributed by atoms with Crippen LogP contribution in [0, 0.1) is 17.8 Å². The molecule has 8 heteroatoms. The zero-order chi connectivity index (χ0) is 25.2. The Hall–Kier alpha value is -2.61. The first kappa shape index (κ1) is 25.5. The summed E-state index contributed by atoms with van der Waals surface area (Å²) in [6.07, 6.45) is 0.00219. The molecule has 2 fully saturated rings. The Bertz CT molecular complexity index is 1000. The molecule has 1 saturated heterocycles. The third-order valence-electron chi connectivity index (χ3n) is 7.35. The zero-order valence-electron chi connectivity index (χ0n) is 20.5. The van der Waals surface area contributed by atoms with Gasteiger partial charge in [0.15, 0.2) is 0 Å². The maximum Gasteiger partial charge on any atom is 0.417 e. The van der Waals surface area contributed by atoms with Gasteiger partial charge < -0.3 is 15.0 Å². The highest BCUT2D eigenvalue weighted by Gasteiger charge is 2.41. The number of benzene rings is 1. The van der Waals surface area contributed by atoms with Crippen molar-refractivity contribution in [1.82, 2.24) is 15.2 Å². The minimum absolute atomic E-state index is 0.0199. The first-order valence-corrected chi connectivity index (χ1v) is 12.4. The number of nitrogens with one attached hydrogen (secondary N) is 1. The van der Waals surface area contributed by atoms with Crippen LogP contribution in [0.1, 0.15) is 62.3 Å². The molecule has 0 spiro atoms. The maximum absolute atomic E-state index is 13.7. The fraction of sp³-hybridized carbons (Fsp3) is 0.556. The highest BCUT2D eigenvalue weighted by atomic mass is 19.4. The number of nitrogens with zero attached hydrogens (tertiary/aromatic N) is 2. The number of amides is 1. The van der Waals surface area contributed by atoms with Crippen LogP contribution in [0.25, 0.3) is 0 Å². The number of hydrogen-bond acceptors (Lipinski definition) is 4. The van der Waals surface area contributed by atoms with Crippen molar-refractivity contribution in [2.75, 3.05) is 13.7 Å². The number of aromatic nitrogens is 1. The molecule has 4 atom stereocenters. The van der Waals surface area contributed by atoms with E-state index in [1.54, 1.807) is 0 Å². The van der Waals surface area contributed by atoms with Crippen LogP contribution < -0.4 is 10.1 Å². The lowest BCUT2D eigenvalue weighted by Crippen LogP contribution is -2.42. The lowest BCUT2D eigenvalue weighted by molar-refractivity contribution is -0.139. The number of carbonyl (C=O) groups excluding carboxylic acids is 1. The predicted molar refractivity (Wildman–Crippen MR) is 128 cm³/mol. The number of carbonyl (C=O) groups is 1. The van der Waals surface area contributed by atoms with E-state index in [0.717, 1.165) is 43.5 Å². The molecule has 1 amide bonds. The van der Waals surface area contributed by atoms with E-state index in [0.29, 0.717) is 23.9 Å². The number of alkyl halides is 3. The first-order chi connectivity index (χ1) is 16.7. The molecule has 1 N–H and O–H groups in total. The van der Waals surface area contributed by atoms with Gasteiger partial charge in [-0.05, 0) is 49.1 Å². The molecule has 0 radical (unpaired) electrons. The second-order valence-corrected chi connectivity index (χ2v) is 10.2. The smallest absolute Gasteiger partial charge is 0.417 e. The third kappa shape index (κ3) is 5.80. The molecule has 2 aliphatic rings. The Kier molecular flexibility index (Phi) is 7.69. The van der Waals surface area contributed by atoms with Crippen molar-refractivity contribution < 1.29 is 22.7 Å². The summed E-state index contributed by atoms with van der Waals surface area (Å²) >= 11 is 0. The van der Waals surface area contributed by atoms with Crippen molar-refractivity contribution in [3.05, 3.63) is 59.3 Å². The van der Waals surface area contributed by atoms with Crippen LogP contribution in [0.4, 0.5) is 13.2 Å². The number of methoxy groups -OCH3 is 1. The molecule has 1 aliphatic carbocycles. The van der Waals surface area contributed by atoms with E-state index in [4.69, 9.17) is 4.74 Å². The Morgan fingerprint density at radius 3 is 2.46 bits per heavy atom. The van der Waals surface area contributed by atoms with Gasteiger partial charge in [-0.1, -0.05) is 44.2 Å². The summed E-state index contributed by atoms with van der Waals surface area (Å²) in [5.41, 5.74) is 0.564. The number of pyridine rings is 1. The van der Waals surface area contributed by atoms with Crippen LogP contribution in [0.15, 0.2) is 42.6 Å². The van der Waals surface area contributed by atoms with Crippen LogP contribution in [0.2, 0.25) is 0 Å². The monoisotopic (exact) mass is 489 g/mol. The second-order valence-electron chi connectivity index (χ2n) is 10.2. The SMILES string of the molecule is COc1ncc(C(F)(F)F)cc1CNC1CCN(C(=O)C2CC(C)CC(C)C2)C1c1ccccc1. The fourth-order valence-electron chi connectivity index (χ4n) is 5.90. The van der Waals surface area contributed by atoms with Crippen LogP contribution in [-0.4, -0.2) is 35.5 Å². The quantitative estimate of drug-likeness (QED) is 0.573. The first-order valence-electron chi connectivity index (χ1n) is 12.4. The van der Waals surface area contributed by atoms with Crippen molar-refractivity contribution in [2.24, 2.45) is 17.8 Å². The summed E-state index contributed by atoms with van der Waals surface area (Å²) in [5.74, 6) is 1.43. The number of halogens is 3. The molecule has 1 aliphatic heterocycles. The molecule has 1 aromatic carbocycles. The maximum atomic E-state index is 13.7. The molecule has 4 unspecified atom stereocenters. The summed E-state index contributed by atoms with van der Waals surface area (Å²) in [5, 5.41) is 3.42. The summed E-state index contributed by atoms with van der Waals surface area (Å²) in [4.78, 5) is 19.5. The molecule has 0 bridgehead atoms. The van der Waals surface area contributed by atoms with Gasteiger partial charge in [0, 0.05) is 36.8 Å². The Morgan fingerprint density at radius 2 is 1.83 bits per heavy atom. The summed E-state index contributed by atoms with van der Waals surface area (Å²) < 4.78 is 45.0. The summed E-state index contributed by atoms with van der Waals surface area (Å²) in [6, 6.07) is 10.7. The van der Waals surface area contributed by atoms with Gasteiger partial charge in [-0.3, -0.25) is 4.79 Å². The van der Waals surface area contributed by atoms with E-state index >= 15 is 0 Å². The normalized spacial score (nSPS) is 27.1. The van der Waals surface area contributed by atoms with Gasteiger partial charge in [0.05, 0.1) is 18.7 Å². The van der Waals surface area contributed by atoms with Gasteiger partial charge in [0.25, 0.3) is 0 Å².